The molecular weight excluding hydrogens is 392 g/mol. The van der Waals surface area contributed by atoms with Crippen molar-refractivity contribution in [3.05, 3.63) is 52.0 Å². The van der Waals surface area contributed by atoms with Gasteiger partial charge in [0.1, 0.15) is 16.8 Å². The maximum absolute atomic E-state index is 12.4. The van der Waals surface area contributed by atoms with Gasteiger partial charge in [-0.25, -0.2) is 4.68 Å². The van der Waals surface area contributed by atoms with E-state index in [1.54, 1.807) is 18.7 Å². The molecule has 1 heterocycles. The summed E-state index contributed by atoms with van der Waals surface area (Å²) in [6.45, 7) is 2.77. The van der Waals surface area contributed by atoms with Gasteiger partial charge in [0.2, 0.25) is 0 Å². The van der Waals surface area contributed by atoms with Crippen molar-refractivity contribution < 1.29 is 14.3 Å². The molecule has 0 aliphatic heterocycles. The monoisotopic (exact) mass is 416 g/mol. The highest BCUT2D eigenvalue weighted by molar-refractivity contribution is 6.31. The van der Waals surface area contributed by atoms with E-state index in [9.17, 15) is 4.79 Å². The highest BCUT2D eigenvalue weighted by Crippen LogP contribution is 2.36. The van der Waals surface area contributed by atoms with Crippen molar-refractivity contribution in [2.45, 2.75) is 25.8 Å². The van der Waals surface area contributed by atoms with Crippen LogP contribution in [0.4, 0.5) is 0 Å². The zero-order valence-corrected chi connectivity index (χ0v) is 17.8. The van der Waals surface area contributed by atoms with Gasteiger partial charge in [0.25, 0.3) is 0 Å². The summed E-state index contributed by atoms with van der Waals surface area (Å²) in [6, 6.07) is 9.71. The van der Waals surface area contributed by atoms with Crippen LogP contribution in [-0.2, 0) is 23.1 Å². The Morgan fingerprint density at radius 1 is 1.28 bits per heavy atom. The van der Waals surface area contributed by atoms with Crippen molar-refractivity contribution in [1.82, 2.24) is 20.3 Å². The van der Waals surface area contributed by atoms with Crippen LogP contribution in [0.3, 0.4) is 0 Å². The molecule has 0 bridgehead atoms. The quantitative estimate of drug-likeness (QED) is 0.567. The number of nitrogens with one attached hydrogen (secondary N) is 1. The van der Waals surface area contributed by atoms with E-state index in [1.807, 2.05) is 44.4 Å². The van der Waals surface area contributed by atoms with Gasteiger partial charge in [-0.05, 0) is 48.9 Å². The Hall–Kier alpha value is -2.64. The van der Waals surface area contributed by atoms with Gasteiger partial charge < -0.3 is 14.8 Å². The average molecular weight is 417 g/mol. The molecule has 0 saturated carbocycles. The number of aryl methyl sites for hydroxylation is 1. The van der Waals surface area contributed by atoms with Gasteiger partial charge in [-0.2, -0.15) is 0 Å². The van der Waals surface area contributed by atoms with Gasteiger partial charge in [-0.15, -0.1) is 5.10 Å². The number of hydrogen-bond donors (Lipinski definition) is 1. The molecule has 154 valence electrons. The van der Waals surface area contributed by atoms with Crippen LogP contribution in [0.5, 0.6) is 5.75 Å². The Morgan fingerprint density at radius 3 is 2.76 bits per heavy atom. The van der Waals surface area contributed by atoms with E-state index in [0.29, 0.717) is 29.4 Å². The molecule has 0 saturated heterocycles. The molecule has 29 heavy (non-hydrogen) atoms. The van der Waals surface area contributed by atoms with E-state index in [1.165, 1.54) is 0 Å². The summed E-state index contributed by atoms with van der Waals surface area (Å²) in [7, 11) is 5.29. The molecule has 1 atom stereocenters. The molecule has 1 unspecified atom stereocenters. The minimum Gasteiger partial charge on any atom is -0.494 e. The van der Waals surface area contributed by atoms with E-state index < -0.39 is 0 Å². The number of esters is 1. The molecule has 2 aromatic carbocycles. The first-order valence-corrected chi connectivity index (χ1v) is 9.82. The highest BCUT2D eigenvalue weighted by atomic mass is 35.5. The first-order chi connectivity index (χ1) is 14.0. The lowest BCUT2D eigenvalue weighted by molar-refractivity contribution is -0.143. The lowest BCUT2D eigenvalue weighted by Gasteiger charge is -2.20. The molecular formula is C21H25ClN4O3. The minimum atomic E-state index is -0.263. The molecule has 1 aromatic heterocycles. The summed E-state index contributed by atoms with van der Waals surface area (Å²) >= 11 is 6.34. The van der Waals surface area contributed by atoms with Crippen LogP contribution >= 0.6 is 11.6 Å². The van der Waals surface area contributed by atoms with E-state index >= 15 is 0 Å². The van der Waals surface area contributed by atoms with Crippen molar-refractivity contribution in [2.75, 3.05) is 20.8 Å². The van der Waals surface area contributed by atoms with Crippen LogP contribution in [0, 0.1) is 0 Å². The third-order valence-corrected chi connectivity index (χ3v) is 5.19. The molecule has 0 amide bonds. The summed E-state index contributed by atoms with van der Waals surface area (Å²) in [6.07, 6.45) is 0.198. The third kappa shape index (κ3) is 4.52. The number of rotatable bonds is 8. The molecule has 0 aliphatic rings. The van der Waals surface area contributed by atoms with E-state index in [-0.39, 0.29) is 18.3 Å². The maximum atomic E-state index is 12.4. The SMILES string of the molecule is CCOC(=O)CC(c1ccc(Cl)c(CNC)c1)c1cc(OC)c2c(c1)nnn2C. The van der Waals surface area contributed by atoms with Gasteiger partial charge >= 0.3 is 5.97 Å². The molecule has 0 fully saturated rings. The van der Waals surface area contributed by atoms with Crippen molar-refractivity contribution in [3.8, 4) is 5.75 Å². The fourth-order valence-corrected chi connectivity index (χ4v) is 3.67. The number of carbonyl (C=O) groups is 1. The number of nitrogens with zero attached hydrogens (tertiary/aromatic N) is 3. The number of fused-ring (bicyclic) bond motifs is 1. The Bertz CT molecular complexity index is 1020. The molecule has 0 radical (unpaired) electrons. The van der Waals surface area contributed by atoms with Gasteiger partial charge in [0, 0.05) is 24.5 Å². The lowest BCUT2D eigenvalue weighted by atomic mass is 9.87. The van der Waals surface area contributed by atoms with Crippen LogP contribution in [-0.4, -0.2) is 41.7 Å². The first-order valence-electron chi connectivity index (χ1n) is 9.44. The van der Waals surface area contributed by atoms with Crippen LogP contribution in [0.1, 0.15) is 36.0 Å². The molecule has 3 aromatic rings. The molecule has 1 N–H and O–H groups in total. The minimum absolute atomic E-state index is 0.198. The van der Waals surface area contributed by atoms with Crippen molar-refractivity contribution in [2.24, 2.45) is 7.05 Å². The zero-order valence-electron chi connectivity index (χ0n) is 17.0. The van der Waals surface area contributed by atoms with Crippen molar-refractivity contribution in [1.29, 1.82) is 0 Å². The zero-order chi connectivity index (χ0) is 21.0. The summed E-state index contributed by atoms with van der Waals surface area (Å²) in [5, 5.41) is 12.1. The van der Waals surface area contributed by atoms with Crippen molar-refractivity contribution >= 4 is 28.6 Å². The smallest absolute Gasteiger partial charge is 0.306 e. The standard InChI is InChI=1S/C21H25ClN4O3/c1-5-29-20(27)11-16(13-6-7-17(22)15(8-13)12-23-2)14-9-18-21(19(10-14)28-4)26(3)25-24-18/h6-10,16,23H,5,11-12H2,1-4H3. The van der Waals surface area contributed by atoms with Crippen LogP contribution in [0.2, 0.25) is 5.02 Å². The Balaban J connectivity index is 2.12. The van der Waals surface area contributed by atoms with E-state index in [0.717, 1.165) is 22.2 Å². The molecule has 8 heteroatoms. The number of benzene rings is 2. The van der Waals surface area contributed by atoms with Gasteiger partial charge in [0.05, 0.1) is 20.1 Å². The Morgan fingerprint density at radius 2 is 2.07 bits per heavy atom. The molecule has 7 nitrogen and oxygen atoms in total. The van der Waals surface area contributed by atoms with Gasteiger partial charge in [-0.1, -0.05) is 28.9 Å². The van der Waals surface area contributed by atoms with Gasteiger partial charge in [0.15, 0.2) is 0 Å². The first kappa shape index (κ1) is 21.1. The summed E-state index contributed by atoms with van der Waals surface area (Å²) in [5.41, 5.74) is 4.35. The molecule has 0 spiro atoms. The average Bonchev–Trinajstić information content (AvgIpc) is 3.08. The number of ether oxygens (including phenoxy) is 2. The summed E-state index contributed by atoms with van der Waals surface area (Å²) in [4.78, 5) is 12.4. The largest absolute Gasteiger partial charge is 0.494 e. The lowest BCUT2D eigenvalue weighted by Crippen LogP contribution is -2.13. The summed E-state index contributed by atoms with van der Waals surface area (Å²) < 4.78 is 12.5. The topological polar surface area (TPSA) is 78.3 Å². The number of methoxy groups -OCH3 is 1. The number of halogens is 1. The van der Waals surface area contributed by atoms with Crippen LogP contribution < -0.4 is 10.1 Å². The Labute approximate surface area is 174 Å². The van der Waals surface area contributed by atoms with E-state index in [4.69, 9.17) is 21.1 Å². The third-order valence-electron chi connectivity index (χ3n) is 4.83. The predicted molar refractivity (Wildman–Crippen MR) is 112 cm³/mol. The van der Waals surface area contributed by atoms with Crippen LogP contribution in [0.15, 0.2) is 30.3 Å². The predicted octanol–water partition coefficient (Wildman–Crippen LogP) is 3.43. The second-order valence-electron chi connectivity index (χ2n) is 6.75. The number of carbonyl (C=O) groups excluding carboxylic acids is 1. The fraction of sp³-hybridized carbons (Fsp3) is 0.381. The molecule has 3 rings (SSSR count). The number of aromatic nitrogens is 3. The fourth-order valence-electron chi connectivity index (χ4n) is 3.48. The number of hydrogen-bond acceptors (Lipinski definition) is 6. The Kier molecular flexibility index (Phi) is 6.71. The van der Waals surface area contributed by atoms with Crippen LogP contribution in [0.25, 0.3) is 11.0 Å². The highest BCUT2D eigenvalue weighted by Gasteiger charge is 2.23. The second-order valence-corrected chi connectivity index (χ2v) is 7.15. The summed E-state index contributed by atoms with van der Waals surface area (Å²) in [5.74, 6) is 0.159. The maximum Gasteiger partial charge on any atom is 0.306 e. The molecule has 0 aliphatic carbocycles. The normalized spacial score (nSPS) is 12.2. The van der Waals surface area contributed by atoms with Gasteiger partial charge in [-0.3, -0.25) is 4.79 Å². The second kappa shape index (κ2) is 9.24. The van der Waals surface area contributed by atoms with Crippen molar-refractivity contribution in [3.63, 3.8) is 0 Å². The van der Waals surface area contributed by atoms with E-state index in [2.05, 4.69) is 15.6 Å².